The van der Waals surface area contributed by atoms with E-state index >= 15 is 0 Å². The average Bonchev–Trinajstić information content (AvgIpc) is 2.35. The van der Waals surface area contributed by atoms with E-state index in [0.29, 0.717) is 18.5 Å². The van der Waals surface area contributed by atoms with Crippen LogP contribution in [0, 0.1) is 5.92 Å². The van der Waals surface area contributed by atoms with Crippen LogP contribution in [0.4, 0.5) is 0 Å². The molecule has 0 aliphatic carbocycles. The van der Waals surface area contributed by atoms with Crippen molar-refractivity contribution in [3.63, 3.8) is 0 Å². The van der Waals surface area contributed by atoms with Crippen molar-refractivity contribution in [3.8, 4) is 0 Å². The van der Waals surface area contributed by atoms with Gasteiger partial charge in [-0.3, -0.25) is 0 Å². The molecule has 0 fully saturated rings. The lowest BCUT2D eigenvalue weighted by Gasteiger charge is -2.21. The highest BCUT2D eigenvalue weighted by Gasteiger charge is 2.13. The lowest BCUT2D eigenvalue weighted by atomic mass is 10.0. The van der Waals surface area contributed by atoms with Crippen LogP contribution in [0.25, 0.3) is 0 Å². The summed E-state index contributed by atoms with van der Waals surface area (Å²) in [4.78, 5) is 0. The normalized spacial score (nSPS) is 14.6. The summed E-state index contributed by atoms with van der Waals surface area (Å²) < 4.78 is 0. The minimum atomic E-state index is -0.272. The van der Waals surface area contributed by atoms with Crippen molar-refractivity contribution in [2.75, 3.05) is 6.54 Å². The topological polar surface area (TPSA) is 32.3 Å². The number of hydrogen-bond acceptors (Lipinski definition) is 2. The number of aliphatic hydroxyl groups excluding tert-OH is 1. The summed E-state index contributed by atoms with van der Waals surface area (Å²) in [6.07, 6.45) is 2.75. The zero-order chi connectivity index (χ0) is 14.3. The van der Waals surface area contributed by atoms with Crippen molar-refractivity contribution in [2.24, 2.45) is 5.92 Å². The molecule has 2 nitrogen and oxygen atoms in total. The van der Waals surface area contributed by atoms with Crippen LogP contribution < -0.4 is 5.32 Å². The third-order valence-corrected chi connectivity index (χ3v) is 3.45. The minimum absolute atomic E-state index is 0.272. The van der Waals surface area contributed by atoms with Crippen LogP contribution >= 0.6 is 11.6 Å². The maximum Gasteiger partial charge on any atom is 0.0667 e. The molecule has 0 radical (unpaired) electrons. The first kappa shape index (κ1) is 16.5. The van der Waals surface area contributed by atoms with Crippen molar-refractivity contribution in [2.45, 2.75) is 52.2 Å². The zero-order valence-electron chi connectivity index (χ0n) is 12.2. The van der Waals surface area contributed by atoms with E-state index in [1.165, 1.54) is 5.56 Å². The molecule has 0 saturated carbocycles. The van der Waals surface area contributed by atoms with Crippen molar-refractivity contribution in [1.29, 1.82) is 0 Å². The van der Waals surface area contributed by atoms with Gasteiger partial charge < -0.3 is 10.4 Å². The molecule has 0 amide bonds. The molecule has 2 atom stereocenters. The number of rotatable bonds is 8. The fourth-order valence-electron chi connectivity index (χ4n) is 2.28. The van der Waals surface area contributed by atoms with Gasteiger partial charge >= 0.3 is 0 Å². The van der Waals surface area contributed by atoms with E-state index in [0.717, 1.165) is 24.3 Å². The third-order valence-electron chi connectivity index (χ3n) is 3.19. The molecule has 0 aliphatic heterocycles. The standard InChI is InChI=1S/C16H26ClNO/c1-4-5-16(13-6-8-14(17)9-7-13)18-11-15(19)10-12(2)3/h6-9,12,15-16,18-19H,4-5,10-11H2,1-3H3. The Labute approximate surface area is 122 Å². The van der Waals surface area contributed by atoms with Crippen LogP contribution in [-0.2, 0) is 0 Å². The van der Waals surface area contributed by atoms with Gasteiger partial charge in [0, 0.05) is 17.6 Å². The highest BCUT2D eigenvalue weighted by molar-refractivity contribution is 6.30. The fraction of sp³-hybridized carbons (Fsp3) is 0.625. The summed E-state index contributed by atoms with van der Waals surface area (Å²) in [7, 11) is 0. The lowest BCUT2D eigenvalue weighted by molar-refractivity contribution is 0.142. The molecule has 1 aromatic rings. The Morgan fingerprint density at radius 2 is 1.84 bits per heavy atom. The predicted octanol–water partition coefficient (Wildman–Crippen LogP) is 4.18. The highest BCUT2D eigenvalue weighted by Crippen LogP contribution is 2.20. The van der Waals surface area contributed by atoms with Crippen LogP contribution in [-0.4, -0.2) is 17.8 Å². The molecular formula is C16H26ClNO. The molecule has 2 unspecified atom stereocenters. The van der Waals surface area contributed by atoms with Gasteiger partial charge in [0.05, 0.1) is 6.10 Å². The quantitative estimate of drug-likeness (QED) is 0.750. The Morgan fingerprint density at radius 1 is 1.21 bits per heavy atom. The summed E-state index contributed by atoms with van der Waals surface area (Å²) in [5.74, 6) is 0.525. The molecular weight excluding hydrogens is 258 g/mol. The number of aliphatic hydroxyl groups is 1. The van der Waals surface area contributed by atoms with Gasteiger partial charge in [-0.25, -0.2) is 0 Å². The van der Waals surface area contributed by atoms with E-state index in [9.17, 15) is 5.11 Å². The monoisotopic (exact) mass is 283 g/mol. The van der Waals surface area contributed by atoms with E-state index in [-0.39, 0.29) is 6.10 Å². The molecule has 0 heterocycles. The lowest BCUT2D eigenvalue weighted by Crippen LogP contribution is -2.31. The van der Waals surface area contributed by atoms with Gasteiger partial charge in [-0.1, -0.05) is 50.9 Å². The molecule has 1 rings (SSSR count). The molecule has 0 bridgehead atoms. The smallest absolute Gasteiger partial charge is 0.0667 e. The van der Waals surface area contributed by atoms with Crippen LogP contribution in [0.5, 0.6) is 0 Å². The highest BCUT2D eigenvalue weighted by atomic mass is 35.5. The van der Waals surface area contributed by atoms with Gasteiger partial charge in [-0.15, -0.1) is 0 Å². The van der Waals surface area contributed by atoms with Crippen LogP contribution in [0.1, 0.15) is 51.6 Å². The summed E-state index contributed by atoms with van der Waals surface area (Å²) in [5, 5.41) is 14.2. The van der Waals surface area contributed by atoms with Gasteiger partial charge in [0.15, 0.2) is 0 Å². The molecule has 0 spiro atoms. The molecule has 0 saturated heterocycles. The number of hydrogen-bond donors (Lipinski definition) is 2. The second kappa shape index (κ2) is 8.57. The van der Waals surface area contributed by atoms with Gasteiger partial charge in [0.25, 0.3) is 0 Å². The molecule has 2 N–H and O–H groups in total. The van der Waals surface area contributed by atoms with Crippen LogP contribution in [0.15, 0.2) is 24.3 Å². The first-order valence-electron chi connectivity index (χ1n) is 7.19. The molecule has 3 heteroatoms. The molecule has 108 valence electrons. The van der Waals surface area contributed by atoms with E-state index in [2.05, 4.69) is 38.2 Å². The van der Waals surface area contributed by atoms with E-state index in [1.54, 1.807) is 0 Å². The maximum absolute atomic E-state index is 9.94. The average molecular weight is 284 g/mol. The minimum Gasteiger partial charge on any atom is -0.392 e. The first-order valence-corrected chi connectivity index (χ1v) is 7.57. The summed E-state index contributed by atoms with van der Waals surface area (Å²) in [6, 6.07) is 8.26. The summed E-state index contributed by atoms with van der Waals surface area (Å²) in [5.41, 5.74) is 1.24. The van der Waals surface area contributed by atoms with Crippen LogP contribution in [0.2, 0.25) is 5.02 Å². The summed E-state index contributed by atoms with van der Waals surface area (Å²) >= 11 is 5.92. The van der Waals surface area contributed by atoms with Gasteiger partial charge in [0.1, 0.15) is 0 Å². The van der Waals surface area contributed by atoms with Gasteiger partial charge in [-0.05, 0) is 36.5 Å². The number of benzene rings is 1. The third kappa shape index (κ3) is 6.42. The number of halogens is 1. The van der Waals surface area contributed by atoms with Crippen molar-refractivity contribution >= 4 is 11.6 Å². The Hall–Kier alpha value is -0.570. The van der Waals surface area contributed by atoms with E-state index in [1.807, 2.05) is 12.1 Å². The second-order valence-corrected chi connectivity index (χ2v) is 6.02. The van der Waals surface area contributed by atoms with Gasteiger partial charge in [0.2, 0.25) is 0 Å². The number of nitrogens with one attached hydrogen (secondary N) is 1. The fourth-order valence-corrected chi connectivity index (χ4v) is 2.40. The SMILES string of the molecule is CCCC(NCC(O)CC(C)C)c1ccc(Cl)cc1. The largest absolute Gasteiger partial charge is 0.392 e. The van der Waals surface area contributed by atoms with Crippen molar-refractivity contribution < 1.29 is 5.11 Å². The van der Waals surface area contributed by atoms with Crippen molar-refractivity contribution in [3.05, 3.63) is 34.9 Å². The Bertz CT molecular complexity index is 350. The van der Waals surface area contributed by atoms with E-state index in [4.69, 9.17) is 11.6 Å². The Morgan fingerprint density at radius 3 is 2.37 bits per heavy atom. The molecule has 0 aromatic heterocycles. The Balaban J connectivity index is 2.55. The second-order valence-electron chi connectivity index (χ2n) is 5.58. The zero-order valence-corrected chi connectivity index (χ0v) is 13.0. The van der Waals surface area contributed by atoms with Gasteiger partial charge in [-0.2, -0.15) is 0 Å². The Kier molecular flexibility index (Phi) is 7.44. The molecule has 1 aromatic carbocycles. The van der Waals surface area contributed by atoms with Crippen molar-refractivity contribution in [1.82, 2.24) is 5.32 Å². The predicted molar refractivity (Wildman–Crippen MR) is 82.6 cm³/mol. The molecule has 19 heavy (non-hydrogen) atoms. The summed E-state index contributed by atoms with van der Waals surface area (Å²) in [6.45, 7) is 7.08. The van der Waals surface area contributed by atoms with E-state index < -0.39 is 0 Å². The molecule has 0 aliphatic rings. The maximum atomic E-state index is 9.94. The van der Waals surface area contributed by atoms with Crippen LogP contribution in [0.3, 0.4) is 0 Å². The first-order chi connectivity index (χ1) is 9.02.